The molecular formula is C10H7Cl2N3O2. The number of nitrogens with one attached hydrogen (secondary N) is 2. The zero-order chi connectivity index (χ0) is 12.3. The Balaban J connectivity index is 2.03. The second-order valence-corrected chi connectivity index (χ2v) is 3.92. The molecule has 5 nitrogen and oxygen atoms in total. The van der Waals surface area contributed by atoms with Gasteiger partial charge in [-0.2, -0.15) is 0 Å². The molecule has 1 aromatic heterocycles. The van der Waals surface area contributed by atoms with Crippen molar-refractivity contribution in [1.29, 1.82) is 0 Å². The summed E-state index contributed by atoms with van der Waals surface area (Å²) in [5, 5.41) is 4.36. The summed E-state index contributed by atoms with van der Waals surface area (Å²) in [5.74, 6) is -0.366. The van der Waals surface area contributed by atoms with Gasteiger partial charge in [0.05, 0.1) is 16.9 Å². The van der Waals surface area contributed by atoms with Crippen LogP contribution in [-0.2, 0) is 0 Å². The summed E-state index contributed by atoms with van der Waals surface area (Å²) in [6.07, 6.45) is 1.38. The number of nitrogens with zero attached hydrogens (tertiary/aromatic N) is 1. The number of carbonyl (C=O) groups excluding carboxylic acids is 1. The van der Waals surface area contributed by atoms with Crippen LogP contribution in [0.15, 0.2) is 35.0 Å². The maximum atomic E-state index is 11.5. The van der Waals surface area contributed by atoms with Crippen molar-refractivity contribution in [2.75, 3.05) is 5.43 Å². The first kappa shape index (κ1) is 11.8. The van der Waals surface area contributed by atoms with E-state index in [1.54, 1.807) is 18.2 Å². The molecular weight excluding hydrogens is 265 g/mol. The standard InChI is InChI=1S/C10H7Cl2N3O2/c11-6-1-2-7(12)8(5-6)14-15-10(16)9-3-4-13-17-9/h1-5,14H,(H,15,16). The molecule has 2 aromatic rings. The number of hydrazine groups is 1. The number of halogens is 2. The van der Waals surface area contributed by atoms with Crippen LogP contribution in [0.4, 0.5) is 5.69 Å². The van der Waals surface area contributed by atoms with Gasteiger partial charge in [0.2, 0.25) is 5.76 Å². The Labute approximate surface area is 107 Å². The number of amides is 1. The number of anilines is 1. The molecule has 2 rings (SSSR count). The van der Waals surface area contributed by atoms with E-state index < -0.39 is 5.91 Å². The van der Waals surface area contributed by atoms with Crippen molar-refractivity contribution in [1.82, 2.24) is 10.6 Å². The van der Waals surface area contributed by atoms with E-state index in [0.29, 0.717) is 15.7 Å². The highest BCUT2D eigenvalue weighted by Crippen LogP contribution is 2.24. The third kappa shape index (κ3) is 2.89. The van der Waals surface area contributed by atoms with E-state index in [4.69, 9.17) is 23.2 Å². The second-order valence-electron chi connectivity index (χ2n) is 3.08. The van der Waals surface area contributed by atoms with Gasteiger partial charge in [0.25, 0.3) is 0 Å². The molecule has 0 unspecified atom stereocenters. The third-order valence-corrected chi connectivity index (χ3v) is 2.47. The van der Waals surface area contributed by atoms with E-state index in [1.165, 1.54) is 12.3 Å². The van der Waals surface area contributed by atoms with Gasteiger partial charge in [0, 0.05) is 11.1 Å². The zero-order valence-electron chi connectivity index (χ0n) is 8.41. The highest BCUT2D eigenvalue weighted by Gasteiger charge is 2.09. The van der Waals surface area contributed by atoms with Crippen molar-refractivity contribution in [3.05, 3.63) is 46.3 Å². The lowest BCUT2D eigenvalue weighted by Crippen LogP contribution is -2.29. The molecule has 0 spiro atoms. The minimum absolute atomic E-state index is 0.0932. The largest absolute Gasteiger partial charge is 0.351 e. The molecule has 1 aromatic carbocycles. The van der Waals surface area contributed by atoms with Crippen LogP contribution in [0.3, 0.4) is 0 Å². The average molecular weight is 272 g/mol. The third-order valence-electron chi connectivity index (χ3n) is 1.90. The first-order valence-electron chi connectivity index (χ1n) is 4.59. The molecule has 0 aliphatic rings. The molecule has 1 amide bonds. The van der Waals surface area contributed by atoms with Crippen molar-refractivity contribution >= 4 is 34.8 Å². The molecule has 0 saturated heterocycles. The fourth-order valence-electron chi connectivity index (χ4n) is 1.11. The lowest BCUT2D eigenvalue weighted by Gasteiger charge is -2.08. The Bertz CT molecular complexity index is 528. The Morgan fingerprint density at radius 3 is 2.82 bits per heavy atom. The molecule has 88 valence electrons. The first-order chi connectivity index (χ1) is 8.16. The molecule has 0 saturated carbocycles. The van der Waals surface area contributed by atoms with Crippen molar-refractivity contribution in [2.45, 2.75) is 0 Å². The van der Waals surface area contributed by atoms with E-state index in [2.05, 4.69) is 20.5 Å². The zero-order valence-corrected chi connectivity index (χ0v) is 9.92. The van der Waals surface area contributed by atoms with Gasteiger partial charge in [-0.1, -0.05) is 28.4 Å². The van der Waals surface area contributed by atoms with Crippen LogP contribution in [0, 0.1) is 0 Å². The lowest BCUT2D eigenvalue weighted by atomic mass is 10.3. The van der Waals surface area contributed by atoms with E-state index in [9.17, 15) is 4.79 Å². The summed E-state index contributed by atoms with van der Waals surface area (Å²) in [6.45, 7) is 0. The number of hydrogen-bond acceptors (Lipinski definition) is 4. The average Bonchev–Trinajstić information content (AvgIpc) is 2.83. The van der Waals surface area contributed by atoms with E-state index >= 15 is 0 Å². The van der Waals surface area contributed by atoms with Crippen LogP contribution < -0.4 is 10.9 Å². The van der Waals surface area contributed by atoms with Crippen LogP contribution in [0.1, 0.15) is 10.6 Å². The molecule has 0 fully saturated rings. The molecule has 7 heteroatoms. The molecule has 0 atom stereocenters. The van der Waals surface area contributed by atoms with E-state index in [0.717, 1.165) is 0 Å². The Kier molecular flexibility index (Phi) is 3.51. The summed E-state index contributed by atoms with van der Waals surface area (Å²) >= 11 is 11.7. The van der Waals surface area contributed by atoms with Crippen LogP contribution in [-0.4, -0.2) is 11.1 Å². The van der Waals surface area contributed by atoms with Crippen molar-refractivity contribution in [2.24, 2.45) is 0 Å². The minimum Gasteiger partial charge on any atom is -0.351 e. The molecule has 0 radical (unpaired) electrons. The van der Waals surface area contributed by atoms with Gasteiger partial charge in [-0.15, -0.1) is 0 Å². The van der Waals surface area contributed by atoms with Gasteiger partial charge in [-0.25, -0.2) is 0 Å². The first-order valence-corrected chi connectivity index (χ1v) is 5.34. The number of carbonyl (C=O) groups is 1. The number of hydrogen-bond donors (Lipinski definition) is 2. The molecule has 1 heterocycles. The van der Waals surface area contributed by atoms with E-state index in [-0.39, 0.29) is 5.76 Å². The van der Waals surface area contributed by atoms with Gasteiger partial charge in [-0.3, -0.25) is 15.6 Å². The topological polar surface area (TPSA) is 67.2 Å². The summed E-state index contributed by atoms with van der Waals surface area (Å²) < 4.78 is 4.68. The van der Waals surface area contributed by atoms with Gasteiger partial charge in [-0.05, 0) is 18.2 Å². The maximum absolute atomic E-state index is 11.5. The highest BCUT2D eigenvalue weighted by atomic mass is 35.5. The fourth-order valence-corrected chi connectivity index (χ4v) is 1.45. The van der Waals surface area contributed by atoms with Crippen LogP contribution in [0.5, 0.6) is 0 Å². The second kappa shape index (κ2) is 5.07. The SMILES string of the molecule is O=C(NNc1cc(Cl)ccc1Cl)c1ccno1. The lowest BCUT2D eigenvalue weighted by molar-refractivity contribution is 0.0926. The highest BCUT2D eigenvalue weighted by molar-refractivity contribution is 6.35. The van der Waals surface area contributed by atoms with Gasteiger partial charge >= 0.3 is 5.91 Å². The number of benzene rings is 1. The van der Waals surface area contributed by atoms with Gasteiger partial charge < -0.3 is 4.52 Å². The molecule has 2 N–H and O–H groups in total. The molecule has 0 aliphatic carbocycles. The Morgan fingerprint density at radius 2 is 2.12 bits per heavy atom. The summed E-state index contributed by atoms with van der Waals surface area (Å²) in [7, 11) is 0. The van der Waals surface area contributed by atoms with Crippen molar-refractivity contribution in [3.8, 4) is 0 Å². The quantitative estimate of drug-likeness (QED) is 0.843. The van der Waals surface area contributed by atoms with Crippen molar-refractivity contribution in [3.63, 3.8) is 0 Å². The van der Waals surface area contributed by atoms with Crippen molar-refractivity contribution < 1.29 is 9.32 Å². The van der Waals surface area contributed by atoms with Gasteiger partial charge in [0.15, 0.2) is 0 Å². The molecule has 0 bridgehead atoms. The molecule has 0 aliphatic heterocycles. The molecule has 17 heavy (non-hydrogen) atoms. The predicted octanol–water partition coefficient (Wildman–Crippen LogP) is 2.74. The normalized spacial score (nSPS) is 10.0. The van der Waals surface area contributed by atoms with Gasteiger partial charge in [0.1, 0.15) is 0 Å². The Hall–Kier alpha value is -1.72. The van der Waals surface area contributed by atoms with Crippen LogP contribution in [0.2, 0.25) is 10.0 Å². The monoisotopic (exact) mass is 271 g/mol. The Morgan fingerprint density at radius 1 is 1.29 bits per heavy atom. The van der Waals surface area contributed by atoms with E-state index in [1.807, 2.05) is 0 Å². The number of aromatic nitrogens is 1. The summed E-state index contributed by atoms with van der Waals surface area (Å²) in [4.78, 5) is 11.5. The number of rotatable bonds is 3. The fraction of sp³-hybridized carbons (Fsp3) is 0. The smallest absolute Gasteiger partial charge is 0.308 e. The van der Waals surface area contributed by atoms with Crippen LogP contribution >= 0.6 is 23.2 Å². The minimum atomic E-state index is -0.460. The summed E-state index contributed by atoms with van der Waals surface area (Å²) in [6, 6.07) is 6.29. The predicted molar refractivity (Wildman–Crippen MR) is 64.1 cm³/mol. The van der Waals surface area contributed by atoms with Crippen LogP contribution in [0.25, 0.3) is 0 Å². The summed E-state index contributed by atoms with van der Waals surface area (Å²) in [5.41, 5.74) is 5.53. The maximum Gasteiger partial charge on any atom is 0.308 e.